The first kappa shape index (κ1) is 16.3. The Bertz CT molecular complexity index is 774. The molecule has 2 rings (SSSR count). The van der Waals surface area contributed by atoms with Crippen LogP contribution in [0.3, 0.4) is 0 Å². The Balaban J connectivity index is 2.19. The third-order valence-electron chi connectivity index (χ3n) is 2.86. The number of benzene rings is 1. The Morgan fingerprint density at radius 2 is 2.14 bits per heavy atom. The van der Waals surface area contributed by atoms with E-state index in [0.29, 0.717) is 11.4 Å². The first-order valence-electron chi connectivity index (χ1n) is 6.28. The lowest BCUT2D eigenvalue weighted by Gasteiger charge is -2.11. The van der Waals surface area contributed by atoms with Gasteiger partial charge in [0.1, 0.15) is 17.3 Å². The maximum atomic E-state index is 12.1. The molecule has 0 aliphatic carbocycles. The molecule has 0 atom stereocenters. The molecule has 0 spiro atoms. The zero-order valence-electron chi connectivity index (χ0n) is 11.9. The molecule has 1 aromatic heterocycles. The van der Waals surface area contributed by atoms with Gasteiger partial charge in [0.05, 0.1) is 24.0 Å². The van der Waals surface area contributed by atoms with Crippen LogP contribution in [0.4, 0.5) is 5.69 Å². The van der Waals surface area contributed by atoms with Crippen molar-refractivity contribution >= 4 is 34.8 Å². The van der Waals surface area contributed by atoms with Crippen molar-refractivity contribution in [3.63, 3.8) is 0 Å². The van der Waals surface area contributed by atoms with E-state index in [4.69, 9.17) is 27.9 Å². The molecular weight excluding hydrogens is 329 g/mol. The highest BCUT2D eigenvalue weighted by atomic mass is 35.5. The molecule has 0 saturated heterocycles. The first-order chi connectivity index (χ1) is 10.4. The third kappa shape index (κ3) is 3.58. The fourth-order valence-electron chi connectivity index (χ4n) is 1.80. The number of rotatable bonds is 4. The number of hydrogen-bond acceptors (Lipinski definition) is 4. The molecule has 1 amide bonds. The second kappa shape index (κ2) is 6.81. The number of nitrogens with one attached hydrogen (secondary N) is 1. The zero-order chi connectivity index (χ0) is 16.3. The van der Waals surface area contributed by atoms with E-state index in [1.807, 2.05) is 13.0 Å². The number of aryl methyl sites for hydroxylation is 1. The van der Waals surface area contributed by atoms with Crippen LogP contribution in [-0.4, -0.2) is 22.8 Å². The highest BCUT2D eigenvalue weighted by Gasteiger charge is 2.12. The quantitative estimate of drug-likeness (QED) is 0.927. The Kier molecular flexibility index (Phi) is 5.05. The summed E-state index contributed by atoms with van der Waals surface area (Å²) in [5.74, 6) is 0.0882. The summed E-state index contributed by atoms with van der Waals surface area (Å²) in [7, 11) is 1.51. The van der Waals surface area contributed by atoms with Gasteiger partial charge >= 0.3 is 0 Å². The van der Waals surface area contributed by atoms with Gasteiger partial charge in [-0.15, -0.1) is 0 Å². The standard InChI is InChI=1S/C14H13Cl2N3O3/c1-8-3-4-11(22-2)10(5-8)18-12(20)7-19-14(21)13(16)9(15)6-17-19/h3-6H,7H2,1-2H3,(H,18,20). The van der Waals surface area contributed by atoms with E-state index in [1.54, 1.807) is 12.1 Å². The van der Waals surface area contributed by atoms with Gasteiger partial charge < -0.3 is 10.1 Å². The number of nitrogens with zero attached hydrogens (tertiary/aromatic N) is 2. The van der Waals surface area contributed by atoms with E-state index in [2.05, 4.69) is 10.4 Å². The van der Waals surface area contributed by atoms with Gasteiger partial charge in [-0.3, -0.25) is 9.59 Å². The zero-order valence-corrected chi connectivity index (χ0v) is 13.4. The number of carbonyl (C=O) groups excluding carboxylic acids is 1. The topological polar surface area (TPSA) is 73.2 Å². The number of hydrogen-bond donors (Lipinski definition) is 1. The number of carbonyl (C=O) groups is 1. The van der Waals surface area contributed by atoms with Gasteiger partial charge in [0.2, 0.25) is 5.91 Å². The Hall–Kier alpha value is -2.05. The number of halogens is 2. The Morgan fingerprint density at radius 3 is 2.82 bits per heavy atom. The van der Waals surface area contributed by atoms with Crippen LogP contribution >= 0.6 is 23.2 Å². The molecule has 6 nitrogen and oxygen atoms in total. The smallest absolute Gasteiger partial charge is 0.287 e. The molecule has 8 heteroatoms. The molecule has 1 N–H and O–H groups in total. The summed E-state index contributed by atoms with van der Waals surface area (Å²) in [5.41, 5.74) is 0.849. The van der Waals surface area contributed by atoms with Crippen LogP contribution < -0.4 is 15.6 Å². The van der Waals surface area contributed by atoms with Crippen molar-refractivity contribution < 1.29 is 9.53 Å². The van der Waals surface area contributed by atoms with E-state index in [9.17, 15) is 9.59 Å². The van der Waals surface area contributed by atoms with E-state index in [1.165, 1.54) is 13.3 Å². The number of methoxy groups -OCH3 is 1. The monoisotopic (exact) mass is 341 g/mol. The predicted octanol–water partition coefficient (Wildman–Crippen LogP) is 2.51. The van der Waals surface area contributed by atoms with E-state index < -0.39 is 11.5 Å². The fourth-order valence-corrected chi connectivity index (χ4v) is 2.07. The van der Waals surface area contributed by atoms with Crippen LogP contribution in [0.5, 0.6) is 5.75 Å². The molecule has 1 aromatic carbocycles. The maximum absolute atomic E-state index is 12.1. The summed E-state index contributed by atoms with van der Waals surface area (Å²) < 4.78 is 6.11. The summed E-state index contributed by atoms with van der Waals surface area (Å²) in [4.78, 5) is 23.9. The third-order valence-corrected chi connectivity index (χ3v) is 3.61. The van der Waals surface area contributed by atoms with Gasteiger partial charge in [0.15, 0.2) is 0 Å². The molecule has 0 aliphatic heterocycles. The average molecular weight is 342 g/mol. The summed E-state index contributed by atoms with van der Waals surface area (Å²) in [6, 6.07) is 5.37. The predicted molar refractivity (Wildman–Crippen MR) is 84.9 cm³/mol. The van der Waals surface area contributed by atoms with E-state index in [-0.39, 0.29) is 16.6 Å². The van der Waals surface area contributed by atoms with Crippen molar-refractivity contribution in [1.29, 1.82) is 0 Å². The Labute approximate surface area is 136 Å². The second-order valence-electron chi connectivity index (χ2n) is 4.52. The second-order valence-corrected chi connectivity index (χ2v) is 5.31. The van der Waals surface area contributed by atoms with E-state index in [0.717, 1.165) is 10.2 Å². The van der Waals surface area contributed by atoms with Crippen LogP contribution in [-0.2, 0) is 11.3 Å². The SMILES string of the molecule is COc1ccc(C)cc1NC(=O)Cn1ncc(Cl)c(Cl)c1=O. The summed E-state index contributed by atoms with van der Waals surface area (Å²) in [6.45, 7) is 1.60. The number of anilines is 1. The molecule has 0 aliphatic rings. The van der Waals surface area contributed by atoms with Gasteiger partial charge in [0, 0.05) is 0 Å². The van der Waals surface area contributed by atoms with Crippen LogP contribution in [0.1, 0.15) is 5.56 Å². The van der Waals surface area contributed by atoms with Gasteiger partial charge in [0.25, 0.3) is 5.56 Å². The maximum Gasteiger partial charge on any atom is 0.287 e. The van der Waals surface area contributed by atoms with Crippen molar-refractivity contribution in [2.75, 3.05) is 12.4 Å². The van der Waals surface area contributed by atoms with Crippen LogP contribution in [0.2, 0.25) is 10.0 Å². The molecule has 0 bridgehead atoms. The molecule has 116 valence electrons. The molecule has 0 saturated carbocycles. The van der Waals surface area contributed by atoms with Crippen molar-refractivity contribution in [2.24, 2.45) is 0 Å². The lowest BCUT2D eigenvalue weighted by molar-refractivity contribution is -0.117. The molecule has 22 heavy (non-hydrogen) atoms. The fraction of sp³-hybridized carbons (Fsp3) is 0.214. The molecular formula is C14H13Cl2N3O3. The van der Waals surface area contributed by atoms with Gasteiger partial charge in [-0.25, -0.2) is 4.68 Å². The Morgan fingerprint density at radius 1 is 1.41 bits per heavy atom. The minimum absolute atomic E-state index is 0.0451. The summed E-state index contributed by atoms with van der Waals surface area (Å²) in [6.07, 6.45) is 1.21. The lowest BCUT2D eigenvalue weighted by Crippen LogP contribution is -2.30. The average Bonchev–Trinajstić information content (AvgIpc) is 2.48. The minimum atomic E-state index is -0.625. The normalized spacial score (nSPS) is 10.4. The number of amides is 1. The summed E-state index contributed by atoms with van der Waals surface area (Å²) >= 11 is 11.4. The number of aromatic nitrogens is 2. The highest BCUT2D eigenvalue weighted by molar-refractivity contribution is 6.41. The summed E-state index contributed by atoms with van der Waals surface area (Å²) in [5, 5.41) is 6.32. The van der Waals surface area contributed by atoms with Gasteiger partial charge in [-0.1, -0.05) is 29.3 Å². The minimum Gasteiger partial charge on any atom is -0.495 e. The highest BCUT2D eigenvalue weighted by Crippen LogP contribution is 2.25. The number of ether oxygens (including phenoxy) is 1. The molecule has 1 heterocycles. The van der Waals surface area contributed by atoms with Crippen molar-refractivity contribution in [1.82, 2.24) is 9.78 Å². The molecule has 0 radical (unpaired) electrons. The van der Waals surface area contributed by atoms with Crippen LogP contribution in [0.15, 0.2) is 29.2 Å². The van der Waals surface area contributed by atoms with Gasteiger partial charge in [-0.2, -0.15) is 5.10 Å². The van der Waals surface area contributed by atoms with Crippen molar-refractivity contribution in [2.45, 2.75) is 13.5 Å². The largest absolute Gasteiger partial charge is 0.495 e. The van der Waals surface area contributed by atoms with Gasteiger partial charge in [-0.05, 0) is 24.6 Å². The van der Waals surface area contributed by atoms with Crippen LogP contribution in [0.25, 0.3) is 0 Å². The molecule has 0 fully saturated rings. The first-order valence-corrected chi connectivity index (χ1v) is 7.03. The lowest BCUT2D eigenvalue weighted by atomic mass is 10.2. The van der Waals surface area contributed by atoms with Crippen molar-refractivity contribution in [3.8, 4) is 5.75 Å². The van der Waals surface area contributed by atoms with E-state index >= 15 is 0 Å². The van der Waals surface area contributed by atoms with Crippen LogP contribution in [0, 0.1) is 6.92 Å². The molecule has 0 unspecified atom stereocenters. The van der Waals surface area contributed by atoms with Crippen molar-refractivity contribution in [3.05, 3.63) is 50.4 Å². The molecule has 2 aromatic rings.